The Bertz CT molecular complexity index is 706. The fourth-order valence-electron chi connectivity index (χ4n) is 3.43. The van der Waals surface area contributed by atoms with Crippen LogP contribution in [0.1, 0.15) is 24.0 Å². The number of benzene rings is 1. The van der Waals surface area contributed by atoms with Crippen molar-refractivity contribution < 1.29 is 9.53 Å². The molecule has 3 rings (SSSR count). The minimum absolute atomic E-state index is 0.0526. The molecular formula is C19H26N4O2. The molecule has 1 aliphatic rings. The van der Waals surface area contributed by atoms with E-state index in [1.807, 2.05) is 36.0 Å². The number of carbonyl (C=O) groups excluding carboxylic acids is 1. The molecule has 1 aromatic carbocycles. The SMILES string of the molecule is COc1cc(CCNC(=O)C2(n3cccn3)CCNCC2)ccc1C. The number of piperidine rings is 1. The Morgan fingerprint density at radius 2 is 2.20 bits per heavy atom. The van der Waals surface area contributed by atoms with E-state index in [0.29, 0.717) is 6.54 Å². The molecule has 2 N–H and O–H groups in total. The van der Waals surface area contributed by atoms with E-state index in [4.69, 9.17) is 4.74 Å². The number of rotatable bonds is 6. The van der Waals surface area contributed by atoms with E-state index in [1.165, 1.54) is 0 Å². The van der Waals surface area contributed by atoms with Crippen molar-refractivity contribution >= 4 is 5.91 Å². The molecule has 0 unspecified atom stereocenters. The predicted molar refractivity (Wildman–Crippen MR) is 96.7 cm³/mol. The normalized spacial score (nSPS) is 16.4. The zero-order valence-electron chi connectivity index (χ0n) is 14.9. The number of hydrogen-bond acceptors (Lipinski definition) is 4. The van der Waals surface area contributed by atoms with Crippen molar-refractivity contribution in [2.24, 2.45) is 0 Å². The molecule has 134 valence electrons. The van der Waals surface area contributed by atoms with Crippen LogP contribution in [0.3, 0.4) is 0 Å². The fourth-order valence-corrected chi connectivity index (χ4v) is 3.43. The Hall–Kier alpha value is -2.34. The first-order chi connectivity index (χ1) is 12.2. The van der Waals surface area contributed by atoms with E-state index in [9.17, 15) is 4.79 Å². The van der Waals surface area contributed by atoms with Crippen LogP contribution in [0, 0.1) is 6.92 Å². The molecule has 1 aromatic heterocycles. The van der Waals surface area contributed by atoms with Crippen LogP contribution in [-0.4, -0.2) is 42.4 Å². The molecule has 1 amide bonds. The summed E-state index contributed by atoms with van der Waals surface area (Å²) in [5.41, 5.74) is 1.68. The number of carbonyl (C=O) groups is 1. The first-order valence-electron chi connectivity index (χ1n) is 8.78. The molecule has 1 aliphatic heterocycles. The van der Waals surface area contributed by atoms with E-state index in [1.54, 1.807) is 13.3 Å². The van der Waals surface area contributed by atoms with Gasteiger partial charge in [0.05, 0.1) is 7.11 Å². The van der Waals surface area contributed by atoms with Gasteiger partial charge < -0.3 is 15.4 Å². The third kappa shape index (κ3) is 3.69. The zero-order chi connectivity index (χ0) is 17.7. The Morgan fingerprint density at radius 1 is 1.40 bits per heavy atom. The summed E-state index contributed by atoms with van der Waals surface area (Å²) in [5.74, 6) is 0.937. The van der Waals surface area contributed by atoms with Gasteiger partial charge in [0.1, 0.15) is 11.3 Å². The van der Waals surface area contributed by atoms with Gasteiger partial charge in [0.2, 0.25) is 5.91 Å². The highest BCUT2D eigenvalue weighted by atomic mass is 16.5. The summed E-state index contributed by atoms with van der Waals surface area (Å²) in [5, 5.41) is 10.8. The maximum atomic E-state index is 13.0. The van der Waals surface area contributed by atoms with Crippen LogP contribution in [0.2, 0.25) is 0 Å². The van der Waals surface area contributed by atoms with Crippen LogP contribution < -0.4 is 15.4 Å². The van der Waals surface area contributed by atoms with Crippen LogP contribution in [0.4, 0.5) is 0 Å². The molecule has 0 spiro atoms. The Labute approximate surface area is 148 Å². The Morgan fingerprint density at radius 3 is 2.88 bits per heavy atom. The summed E-state index contributed by atoms with van der Waals surface area (Å²) < 4.78 is 7.18. The van der Waals surface area contributed by atoms with Gasteiger partial charge in [-0.05, 0) is 62.5 Å². The van der Waals surface area contributed by atoms with Crippen LogP contribution >= 0.6 is 0 Å². The average molecular weight is 342 g/mol. The van der Waals surface area contributed by atoms with Gasteiger partial charge in [-0.3, -0.25) is 9.48 Å². The molecule has 1 fully saturated rings. The van der Waals surface area contributed by atoms with Gasteiger partial charge in [-0.1, -0.05) is 12.1 Å². The second-order valence-corrected chi connectivity index (χ2v) is 6.54. The largest absolute Gasteiger partial charge is 0.496 e. The number of nitrogens with zero attached hydrogens (tertiary/aromatic N) is 2. The summed E-state index contributed by atoms with van der Waals surface area (Å²) in [7, 11) is 1.68. The number of amides is 1. The first-order valence-corrected chi connectivity index (χ1v) is 8.78. The zero-order valence-corrected chi connectivity index (χ0v) is 14.9. The van der Waals surface area contributed by atoms with Gasteiger partial charge in [-0.2, -0.15) is 5.10 Å². The molecule has 2 heterocycles. The summed E-state index contributed by atoms with van der Waals surface area (Å²) in [6.45, 7) is 4.27. The van der Waals surface area contributed by atoms with E-state index in [0.717, 1.165) is 49.2 Å². The van der Waals surface area contributed by atoms with Crippen molar-refractivity contribution in [2.45, 2.75) is 31.7 Å². The lowest BCUT2D eigenvalue weighted by Crippen LogP contribution is -2.54. The van der Waals surface area contributed by atoms with Crippen LogP contribution in [0.5, 0.6) is 5.75 Å². The van der Waals surface area contributed by atoms with Gasteiger partial charge >= 0.3 is 0 Å². The maximum Gasteiger partial charge on any atom is 0.248 e. The predicted octanol–water partition coefficient (Wildman–Crippen LogP) is 1.64. The molecule has 2 aromatic rings. The number of nitrogens with one attached hydrogen (secondary N) is 2. The first kappa shape index (κ1) is 17.5. The Kier molecular flexibility index (Phi) is 5.38. The number of aryl methyl sites for hydroxylation is 1. The molecule has 0 bridgehead atoms. The topological polar surface area (TPSA) is 68.2 Å². The summed E-state index contributed by atoms with van der Waals surface area (Å²) >= 11 is 0. The standard InChI is InChI=1S/C19H26N4O2/c1-15-4-5-16(14-17(15)25-2)6-10-21-18(24)19(7-11-20-12-8-19)23-13-3-9-22-23/h3-5,9,13-14,20H,6-8,10-12H2,1-2H3,(H,21,24). The fraction of sp³-hybridized carbons (Fsp3) is 0.474. The second kappa shape index (κ2) is 7.70. The number of ether oxygens (including phenoxy) is 1. The molecule has 0 atom stereocenters. The lowest BCUT2D eigenvalue weighted by atomic mass is 9.87. The van der Waals surface area contributed by atoms with E-state index in [2.05, 4.69) is 21.8 Å². The molecule has 0 radical (unpaired) electrons. The molecule has 6 heteroatoms. The van der Waals surface area contributed by atoms with E-state index >= 15 is 0 Å². The van der Waals surface area contributed by atoms with Crippen LogP contribution in [-0.2, 0) is 16.8 Å². The van der Waals surface area contributed by atoms with Crippen LogP contribution in [0.15, 0.2) is 36.7 Å². The van der Waals surface area contributed by atoms with Gasteiger partial charge in [-0.15, -0.1) is 0 Å². The summed E-state index contributed by atoms with van der Waals surface area (Å²) in [4.78, 5) is 13.0. The lowest BCUT2D eigenvalue weighted by molar-refractivity contribution is -0.131. The van der Waals surface area contributed by atoms with Crippen molar-refractivity contribution in [3.05, 3.63) is 47.8 Å². The van der Waals surface area contributed by atoms with Gasteiger partial charge in [0.15, 0.2) is 0 Å². The minimum atomic E-state index is -0.584. The maximum absolute atomic E-state index is 13.0. The minimum Gasteiger partial charge on any atom is -0.496 e. The summed E-state index contributed by atoms with van der Waals surface area (Å²) in [6, 6.07) is 8.04. The summed E-state index contributed by atoms with van der Waals surface area (Å²) in [6.07, 6.45) is 5.89. The van der Waals surface area contributed by atoms with Crippen LogP contribution in [0.25, 0.3) is 0 Å². The average Bonchev–Trinajstić information content (AvgIpc) is 3.19. The van der Waals surface area contributed by atoms with E-state index in [-0.39, 0.29) is 5.91 Å². The van der Waals surface area contributed by atoms with Gasteiger partial charge in [0, 0.05) is 18.9 Å². The van der Waals surface area contributed by atoms with Crippen molar-refractivity contribution in [1.29, 1.82) is 0 Å². The van der Waals surface area contributed by atoms with E-state index < -0.39 is 5.54 Å². The lowest BCUT2D eigenvalue weighted by Gasteiger charge is -2.36. The highest BCUT2D eigenvalue weighted by molar-refractivity contribution is 5.84. The van der Waals surface area contributed by atoms with Gasteiger partial charge in [-0.25, -0.2) is 0 Å². The number of methoxy groups -OCH3 is 1. The van der Waals surface area contributed by atoms with Gasteiger partial charge in [0.25, 0.3) is 0 Å². The molecule has 0 saturated carbocycles. The molecular weight excluding hydrogens is 316 g/mol. The molecule has 6 nitrogen and oxygen atoms in total. The highest BCUT2D eigenvalue weighted by Gasteiger charge is 2.41. The van der Waals surface area contributed by atoms with Crippen molar-refractivity contribution in [3.8, 4) is 5.75 Å². The molecule has 0 aliphatic carbocycles. The third-order valence-electron chi connectivity index (χ3n) is 4.97. The highest BCUT2D eigenvalue weighted by Crippen LogP contribution is 2.27. The molecule has 25 heavy (non-hydrogen) atoms. The smallest absolute Gasteiger partial charge is 0.248 e. The monoisotopic (exact) mass is 342 g/mol. The molecule has 1 saturated heterocycles. The van der Waals surface area contributed by atoms with Crippen molar-refractivity contribution in [2.75, 3.05) is 26.7 Å². The quantitative estimate of drug-likeness (QED) is 0.837. The number of hydrogen-bond donors (Lipinski definition) is 2. The number of aromatic nitrogens is 2. The second-order valence-electron chi connectivity index (χ2n) is 6.54. The third-order valence-corrected chi connectivity index (χ3v) is 4.97. The Balaban J connectivity index is 1.64. The van der Waals surface area contributed by atoms with Crippen molar-refractivity contribution in [1.82, 2.24) is 20.4 Å². The van der Waals surface area contributed by atoms with Crippen molar-refractivity contribution in [3.63, 3.8) is 0 Å².